The monoisotopic (exact) mass is 476 g/mol. The lowest BCUT2D eigenvalue weighted by Gasteiger charge is -2.22. The zero-order valence-corrected chi connectivity index (χ0v) is 20.4. The number of benzene rings is 2. The molecule has 0 bridgehead atoms. The Balaban J connectivity index is 1.79. The fourth-order valence-electron chi connectivity index (χ4n) is 3.16. The smallest absolute Gasteiger partial charge is 0.251 e. The Labute approximate surface area is 197 Å². The quantitative estimate of drug-likeness (QED) is 0.385. The van der Waals surface area contributed by atoms with Gasteiger partial charge in [-0.05, 0) is 43.5 Å². The summed E-state index contributed by atoms with van der Waals surface area (Å²) in [5.41, 5.74) is 2.93. The summed E-state index contributed by atoms with van der Waals surface area (Å²) in [5, 5.41) is 13.6. The maximum Gasteiger partial charge on any atom is 0.251 e. The highest BCUT2D eigenvalue weighted by molar-refractivity contribution is 7.98. The Morgan fingerprint density at radius 2 is 1.81 bits per heavy atom. The van der Waals surface area contributed by atoms with E-state index in [4.69, 9.17) is 23.2 Å². The number of thioether (sulfide) groups is 1. The van der Waals surface area contributed by atoms with Crippen molar-refractivity contribution >= 4 is 40.9 Å². The minimum absolute atomic E-state index is 0.121. The molecule has 0 radical (unpaired) electrons. The van der Waals surface area contributed by atoms with Gasteiger partial charge in [-0.3, -0.25) is 4.79 Å². The van der Waals surface area contributed by atoms with Crippen LogP contribution in [0.4, 0.5) is 0 Å². The first kappa shape index (κ1) is 23.6. The molecule has 0 saturated heterocycles. The maximum absolute atomic E-state index is 12.9. The lowest BCUT2D eigenvalue weighted by molar-refractivity contribution is 0.0922. The van der Waals surface area contributed by atoms with Crippen LogP contribution in [0.1, 0.15) is 54.1 Å². The molecule has 1 atom stereocenters. The van der Waals surface area contributed by atoms with Crippen molar-refractivity contribution in [2.24, 2.45) is 5.92 Å². The molecular weight excluding hydrogens is 451 g/mol. The first-order valence-electron chi connectivity index (χ1n) is 10.2. The van der Waals surface area contributed by atoms with E-state index in [1.807, 2.05) is 13.8 Å². The summed E-state index contributed by atoms with van der Waals surface area (Å²) in [7, 11) is 0. The molecule has 0 aliphatic carbocycles. The molecule has 3 aromatic rings. The van der Waals surface area contributed by atoms with Crippen LogP contribution in [0.5, 0.6) is 0 Å². The van der Waals surface area contributed by atoms with Gasteiger partial charge in [-0.25, -0.2) is 0 Å². The third-order valence-corrected chi connectivity index (χ3v) is 6.74. The Morgan fingerprint density at radius 1 is 1.10 bits per heavy atom. The number of nitrogens with zero attached hydrogens (tertiary/aromatic N) is 3. The van der Waals surface area contributed by atoms with Crippen molar-refractivity contribution in [1.29, 1.82) is 0 Å². The number of carbonyl (C=O) groups is 1. The summed E-state index contributed by atoms with van der Waals surface area (Å²) in [6.45, 7) is 8.95. The summed E-state index contributed by atoms with van der Waals surface area (Å²) >= 11 is 13.7. The van der Waals surface area contributed by atoms with Crippen molar-refractivity contribution in [1.82, 2.24) is 20.1 Å². The van der Waals surface area contributed by atoms with E-state index in [0.717, 1.165) is 16.7 Å². The summed E-state index contributed by atoms with van der Waals surface area (Å²) < 4.78 is 2.07. The molecule has 0 aliphatic rings. The van der Waals surface area contributed by atoms with Gasteiger partial charge in [-0.1, -0.05) is 78.6 Å². The summed E-state index contributed by atoms with van der Waals surface area (Å²) in [6, 6.07) is 13.0. The number of halogens is 2. The molecule has 0 unspecified atom stereocenters. The molecule has 0 spiro atoms. The van der Waals surface area contributed by atoms with Crippen molar-refractivity contribution in [3.8, 4) is 0 Å². The van der Waals surface area contributed by atoms with Gasteiger partial charge >= 0.3 is 0 Å². The fraction of sp³-hybridized carbons (Fsp3) is 0.348. The van der Waals surface area contributed by atoms with Crippen LogP contribution in [0.2, 0.25) is 10.0 Å². The molecule has 164 valence electrons. The first-order chi connectivity index (χ1) is 14.8. The van der Waals surface area contributed by atoms with Crippen LogP contribution >= 0.6 is 35.0 Å². The van der Waals surface area contributed by atoms with Gasteiger partial charge in [-0.2, -0.15) is 0 Å². The zero-order valence-electron chi connectivity index (χ0n) is 18.0. The second-order valence-corrected chi connectivity index (χ2v) is 9.44. The van der Waals surface area contributed by atoms with E-state index in [0.29, 0.717) is 22.2 Å². The van der Waals surface area contributed by atoms with E-state index in [9.17, 15) is 4.79 Å². The summed E-state index contributed by atoms with van der Waals surface area (Å²) in [4.78, 5) is 12.9. The highest BCUT2D eigenvalue weighted by atomic mass is 35.5. The number of hydrogen-bond acceptors (Lipinski definition) is 4. The number of aromatic nitrogens is 3. The third kappa shape index (κ3) is 5.82. The van der Waals surface area contributed by atoms with Gasteiger partial charge in [0.1, 0.15) is 0 Å². The van der Waals surface area contributed by atoms with E-state index in [-0.39, 0.29) is 17.9 Å². The minimum Gasteiger partial charge on any atom is -0.342 e. The van der Waals surface area contributed by atoms with E-state index >= 15 is 0 Å². The average Bonchev–Trinajstić information content (AvgIpc) is 3.15. The molecular formula is C23H26Cl2N4OS. The number of amides is 1. The molecule has 0 fully saturated rings. The van der Waals surface area contributed by atoms with Crippen LogP contribution in [0.15, 0.2) is 47.6 Å². The molecule has 5 nitrogen and oxygen atoms in total. The average molecular weight is 477 g/mol. The van der Waals surface area contributed by atoms with Crippen LogP contribution in [-0.2, 0) is 12.3 Å². The molecule has 1 aromatic heterocycles. The van der Waals surface area contributed by atoms with Crippen LogP contribution in [0.3, 0.4) is 0 Å². The van der Waals surface area contributed by atoms with Crippen LogP contribution in [-0.4, -0.2) is 20.7 Å². The SMILES string of the molecule is CCn1c(SCc2ccc(C)cc2)nnc1[C@@H](NC(=O)c1ccc(Cl)c(Cl)c1)C(C)C. The number of hydrogen-bond donors (Lipinski definition) is 1. The van der Waals surface area contributed by atoms with Gasteiger partial charge in [-0.15, -0.1) is 10.2 Å². The van der Waals surface area contributed by atoms with E-state index in [1.165, 1.54) is 11.1 Å². The van der Waals surface area contributed by atoms with Gasteiger partial charge in [0, 0.05) is 17.9 Å². The Hall–Kier alpha value is -2.02. The zero-order chi connectivity index (χ0) is 22.5. The Kier molecular flexibility index (Phi) is 8.03. The van der Waals surface area contributed by atoms with E-state index in [2.05, 4.69) is 58.2 Å². The predicted molar refractivity (Wildman–Crippen MR) is 128 cm³/mol. The highest BCUT2D eigenvalue weighted by Crippen LogP contribution is 2.28. The molecule has 0 saturated carbocycles. The summed E-state index contributed by atoms with van der Waals surface area (Å²) in [5.74, 6) is 1.45. The molecule has 0 aliphatic heterocycles. The topological polar surface area (TPSA) is 59.8 Å². The van der Waals surface area contributed by atoms with Crippen molar-refractivity contribution < 1.29 is 4.79 Å². The standard InChI is InChI=1S/C23H26Cl2N4OS/c1-5-29-21(27-28-23(29)31-13-16-8-6-15(4)7-9-16)20(14(2)3)26-22(30)17-10-11-18(24)19(25)12-17/h6-12,14,20H,5,13H2,1-4H3,(H,26,30)/t20-/m0/s1. The van der Waals surface area contributed by atoms with Gasteiger partial charge in [0.25, 0.3) is 5.91 Å². The molecule has 1 amide bonds. The number of rotatable bonds is 8. The Morgan fingerprint density at radius 3 is 2.42 bits per heavy atom. The lowest BCUT2D eigenvalue weighted by Crippen LogP contribution is -2.33. The van der Waals surface area contributed by atoms with Crippen LogP contribution < -0.4 is 5.32 Å². The van der Waals surface area contributed by atoms with Crippen LogP contribution in [0, 0.1) is 12.8 Å². The van der Waals surface area contributed by atoms with Gasteiger partial charge in [0.15, 0.2) is 11.0 Å². The van der Waals surface area contributed by atoms with Crippen molar-refractivity contribution in [3.05, 3.63) is 75.0 Å². The van der Waals surface area contributed by atoms with Crippen molar-refractivity contribution in [2.75, 3.05) is 0 Å². The molecule has 31 heavy (non-hydrogen) atoms. The second-order valence-electron chi connectivity index (χ2n) is 7.68. The lowest BCUT2D eigenvalue weighted by atomic mass is 10.0. The fourth-order valence-corrected chi connectivity index (χ4v) is 4.42. The molecule has 3 rings (SSSR count). The number of carbonyl (C=O) groups excluding carboxylic acids is 1. The van der Waals surface area contributed by atoms with E-state index < -0.39 is 0 Å². The highest BCUT2D eigenvalue weighted by Gasteiger charge is 2.26. The van der Waals surface area contributed by atoms with Crippen molar-refractivity contribution in [2.45, 2.75) is 51.2 Å². The third-order valence-electron chi connectivity index (χ3n) is 4.96. The number of nitrogens with one attached hydrogen (secondary N) is 1. The van der Waals surface area contributed by atoms with Gasteiger partial charge in [0.2, 0.25) is 0 Å². The predicted octanol–water partition coefficient (Wildman–Crippen LogP) is 6.33. The summed E-state index contributed by atoms with van der Waals surface area (Å²) in [6.07, 6.45) is 0. The molecule has 1 heterocycles. The molecule has 8 heteroatoms. The number of aryl methyl sites for hydroxylation is 1. The maximum atomic E-state index is 12.9. The van der Waals surface area contributed by atoms with Crippen molar-refractivity contribution in [3.63, 3.8) is 0 Å². The second kappa shape index (κ2) is 10.5. The minimum atomic E-state index is -0.289. The van der Waals surface area contributed by atoms with Crippen LogP contribution in [0.25, 0.3) is 0 Å². The Bertz CT molecular complexity index is 1050. The largest absolute Gasteiger partial charge is 0.342 e. The van der Waals surface area contributed by atoms with Gasteiger partial charge in [0.05, 0.1) is 16.1 Å². The first-order valence-corrected chi connectivity index (χ1v) is 11.9. The molecule has 1 N–H and O–H groups in total. The van der Waals surface area contributed by atoms with Gasteiger partial charge < -0.3 is 9.88 Å². The van der Waals surface area contributed by atoms with E-state index in [1.54, 1.807) is 30.0 Å². The molecule has 2 aromatic carbocycles. The normalized spacial score (nSPS) is 12.2.